The highest BCUT2D eigenvalue weighted by atomic mass is 79.9. The molecule has 1 aliphatic rings. The second-order valence-corrected chi connectivity index (χ2v) is 8.47. The normalized spacial score (nSPS) is 12.7. The van der Waals surface area contributed by atoms with E-state index in [2.05, 4.69) is 45.4 Å². The van der Waals surface area contributed by atoms with E-state index in [-0.39, 0.29) is 11.8 Å². The van der Waals surface area contributed by atoms with Crippen molar-refractivity contribution >= 4 is 45.2 Å². The van der Waals surface area contributed by atoms with E-state index >= 15 is 0 Å². The molecule has 2 amide bonds. The van der Waals surface area contributed by atoms with Crippen molar-refractivity contribution in [3.63, 3.8) is 0 Å². The van der Waals surface area contributed by atoms with E-state index in [4.69, 9.17) is 0 Å². The quantitative estimate of drug-likeness (QED) is 0.394. The minimum atomic E-state index is -0.343. The number of carbonyl (C=O) groups is 1. The van der Waals surface area contributed by atoms with Crippen LogP contribution in [0.25, 0.3) is 16.8 Å². The molecule has 3 aromatic rings. The molecule has 0 fully saturated rings. The van der Waals surface area contributed by atoms with Gasteiger partial charge in [-0.1, -0.05) is 38.1 Å². The minimum Gasteiger partial charge on any atom is -0.308 e. The Balaban J connectivity index is 1.58. The predicted molar refractivity (Wildman–Crippen MR) is 129 cm³/mol. The molecule has 3 aromatic carbocycles. The molecule has 4 nitrogen and oxygen atoms in total. The average Bonchev–Trinajstić information content (AvgIpc) is 2.73. The molecule has 1 heterocycles. The van der Waals surface area contributed by atoms with E-state index in [0.29, 0.717) is 17.3 Å². The Morgan fingerprint density at radius 1 is 0.871 bits per heavy atom. The van der Waals surface area contributed by atoms with Gasteiger partial charge in [0.1, 0.15) is 5.82 Å². The summed E-state index contributed by atoms with van der Waals surface area (Å²) in [6.45, 7) is 4.25. The van der Waals surface area contributed by atoms with Gasteiger partial charge in [-0.3, -0.25) is 4.99 Å². The number of allylic oxidation sites excluding steroid dienone is 1. The van der Waals surface area contributed by atoms with E-state index in [9.17, 15) is 9.18 Å². The summed E-state index contributed by atoms with van der Waals surface area (Å²) in [6, 6.07) is 19.4. The highest BCUT2D eigenvalue weighted by Crippen LogP contribution is 2.34. The van der Waals surface area contributed by atoms with Gasteiger partial charge in [-0.05, 0) is 81.0 Å². The third-order valence-corrected chi connectivity index (χ3v) is 5.59. The van der Waals surface area contributed by atoms with Crippen LogP contribution in [0.5, 0.6) is 0 Å². The molecule has 0 spiro atoms. The number of nitrogens with zero attached hydrogens (tertiary/aromatic N) is 1. The molecule has 2 N–H and O–H groups in total. The molecule has 1 aliphatic heterocycles. The SMILES string of the molecule is CC(C)c1ccc(NC(=O)Nc2cc(C3=C(Br)C=N3)cc(-c3ccc(F)cc3)c2)cc1. The van der Waals surface area contributed by atoms with E-state index < -0.39 is 0 Å². The van der Waals surface area contributed by atoms with Gasteiger partial charge in [0.15, 0.2) is 0 Å². The van der Waals surface area contributed by atoms with Crippen LogP contribution in [0.1, 0.15) is 30.9 Å². The Kier molecular flexibility index (Phi) is 6.00. The number of rotatable bonds is 5. The molecule has 0 atom stereocenters. The number of hydrogen-bond acceptors (Lipinski definition) is 2. The Bertz CT molecular complexity index is 1180. The average molecular weight is 478 g/mol. The van der Waals surface area contributed by atoms with Gasteiger partial charge in [0.25, 0.3) is 0 Å². The van der Waals surface area contributed by atoms with Crippen LogP contribution in [0.3, 0.4) is 0 Å². The first-order chi connectivity index (χ1) is 14.9. The van der Waals surface area contributed by atoms with E-state index in [0.717, 1.165) is 26.9 Å². The highest BCUT2D eigenvalue weighted by Gasteiger charge is 2.15. The topological polar surface area (TPSA) is 53.5 Å². The van der Waals surface area contributed by atoms with Crippen LogP contribution in [-0.4, -0.2) is 12.2 Å². The number of urea groups is 1. The second kappa shape index (κ2) is 8.86. The Morgan fingerprint density at radius 2 is 1.52 bits per heavy atom. The Morgan fingerprint density at radius 3 is 2.10 bits per heavy atom. The van der Waals surface area contributed by atoms with Crippen molar-refractivity contribution in [3.8, 4) is 11.1 Å². The number of hydrogen-bond donors (Lipinski definition) is 2. The molecule has 156 valence electrons. The van der Waals surface area contributed by atoms with Crippen molar-refractivity contribution in [1.82, 2.24) is 0 Å². The largest absolute Gasteiger partial charge is 0.323 e. The molecule has 6 heteroatoms. The number of benzene rings is 3. The lowest BCUT2D eigenvalue weighted by molar-refractivity contribution is 0.262. The molecule has 0 aliphatic carbocycles. The first-order valence-corrected chi connectivity index (χ1v) is 10.7. The van der Waals surface area contributed by atoms with Gasteiger partial charge in [0, 0.05) is 23.2 Å². The maximum Gasteiger partial charge on any atom is 0.323 e. The molecule has 0 radical (unpaired) electrons. The summed E-state index contributed by atoms with van der Waals surface area (Å²) in [5.74, 6) is 0.133. The predicted octanol–water partition coefficient (Wildman–Crippen LogP) is 7.41. The Hall–Kier alpha value is -3.25. The first-order valence-electron chi connectivity index (χ1n) is 9.92. The lowest BCUT2D eigenvalue weighted by Crippen LogP contribution is -2.19. The molecule has 4 rings (SSSR count). The van der Waals surface area contributed by atoms with Gasteiger partial charge >= 0.3 is 6.03 Å². The summed E-state index contributed by atoms with van der Waals surface area (Å²) in [5, 5.41) is 5.75. The molecule has 0 bridgehead atoms. The fourth-order valence-electron chi connectivity index (χ4n) is 3.28. The smallest absolute Gasteiger partial charge is 0.308 e. The lowest BCUT2D eigenvalue weighted by atomic mass is 9.99. The van der Waals surface area contributed by atoms with Crippen molar-refractivity contribution in [2.45, 2.75) is 19.8 Å². The van der Waals surface area contributed by atoms with Crippen LogP contribution in [0.15, 0.2) is 76.2 Å². The summed E-state index contributed by atoms with van der Waals surface area (Å²) in [4.78, 5) is 16.9. The molecule has 0 aromatic heterocycles. The molecule has 0 unspecified atom stereocenters. The van der Waals surface area contributed by atoms with Gasteiger partial charge in [-0.25, -0.2) is 9.18 Å². The van der Waals surface area contributed by atoms with Crippen LogP contribution < -0.4 is 10.6 Å². The number of carbonyl (C=O) groups excluding carboxylic acids is 1. The molecule has 0 saturated heterocycles. The summed E-state index contributed by atoms with van der Waals surface area (Å²) < 4.78 is 14.2. The number of aliphatic imine (C=N–C) groups is 1. The van der Waals surface area contributed by atoms with Gasteiger partial charge in [-0.15, -0.1) is 0 Å². The summed E-state index contributed by atoms with van der Waals surface area (Å²) in [7, 11) is 0. The monoisotopic (exact) mass is 477 g/mol. The van der Waals surface area contributed by atoms with Crippen molar-refractivity contribution in [3.05, 3.63) is 88.2 Å². The van der Waals surface area contributed by atoms with Crippen LogP contribution in [-0.2, 0) is 0 Å². The molecular formula is C25H21BrFN3O. The molecular weight excluding hydrogens is 457 g/mol. The standard InChI is InChI=1S/C25H21BrFN3O/c1-15(2)16-5-9-21(10-6-16)29-25(31)30-22-12-18(17-3-7-20(27)8-4-17)11-19(13-22)24-23(26)14-28-24/h3-15H,1-2H3,(H2,29,30,31). The van der Waals surface area contributed by atoms with E-state index in [1.54, 1.807) is 18.3 Å². The zero-order chi connectivity index (χ0) is 22.0. The highest BCUT2D eigenvalue weighted by molar-refractivity contribution is 9.12. The van der Waals surface area contributed by atoms with Gasteiger partial charge in [0.2, 0.25) is 0 Å². The first kappa shape index (κ1) is 21.0. The third kappa shape index (κ3) is 4.91. The summed E-state index contributed by atoms with van der Waals surface area (Å²) >= 11 is 3.47. The van der Waals surface area contributed by atoms with Crippen LogP contribution in [0, 0.1) is 5.82 Å². The van der Waals surface area contributed by atoms with Gasteiger partial charge < -0.3 is 10.6 Å². The second-order valence-electron chi connectivity index (χ2n) is 7.62. The fraction of sp³-hybridized carbons (Fsp3) is 0.120. The van der Waals surface area contributed by atoms with Gasteiger partial charge in [-0.2, -0.15) is 0 Å². The summed E-state index contributed by atoms with van der Waals surface area (Å²) in [5.41, 5.74) is 5.89. The van der Waals surface area contributed by atoms with Crippen LogP contribution in [0.4, 0.5) is 20.6 Å². The number of halogens is 2. The lowest BCUT2D eigenvalue weighted by Gasteiger charge is -2.16. The van der Waals surface area contributed by atoms with Crippen molar-refractivity contribution in [2.75, 3.05) is 10.6 Å². The van der Waals surface area contributed by atoms with Crippen LogP contribution in [0.2, 0.25) is 0 Å². The molecule has 0 saturated carbocycles. The van der Waals surface area contributed by atoms with Gasteiger partial charge in [0.05, 0.1) is 10.2 Å². The zero-order valence-corrected chi connectivity index (χ0v) is 18.7. The van der Waals surface area contributed by atoms with Crippen molar-refractivity contribution in [1.29, 1.82) is 0 Å². The fourth-order valence-corrected chi connectivity index (χ4v) is 3.71. The zero-order valence-electron chi connectivity index (χ0n) is 17.1. The Labute approximate surface area is 189 Å². The number of nitrogens with one attached hydrogen (secondary N) is 2. The summed E-state index contributed by atoms with van der Waals surface area (Å²) in [6.07, 6.45) is 1.72. The number of anilines is 2. The van der Waals surface area contributed by atoms with E-state index in [1.807, 2.05) is 42.5 Å². The van der Waals surface area contributed by atoms with E-state index in [1.165, 1.54) is 17.7 Å². The molecule has 31 heavy (non-hydrogen) atoms. The third-order valence-electron chi connectivity index (χ3n) is 5.01. The maximum absolute atomic E-state index is 13.4. The van der Waals surface area contributed by atoms with Crippen LogP contribution >= 0.6 is 15.9 Å². The van der Waals surface area contributed by atoms with Crippen molar-refractivity contribution < 1.29 is 9.18 Å². The minimum absolute atomic E-state index is 0.296. The van der Waals surface area contributed by atoms with Crippen molar-refractivity contribution in [2.24, 2.45) is 4.99 Å². The maximum atomic E-state index is 13.4. The number of amides is 2.